The predicted molar refractivity (Wildman–Crippen MR) is 58.8 cm³/mol. The van der Waals surface area contributed by atoms with Crippen LogP contribution in [0.3, 0.4) is 0 Å². The molecule has 14 heavy (non-hydrogen) atoms. The Bertz CT molecular complexity index is 316. The Labute approximate surface area is 88.3 Å². The van der Waals surface area contributed by atoms with Crippen LogP contribution in [-0.2, 0) is 0 Å². The molecule has 0 bridgehead atoms. The van der Waals surface area contributed by atoms with E-state index >= 15 is 0 Å². The molecule has 0 saturated carbocycles. The maximum atomic E-state index is 9.61. The molecule has 0 radical (unpaired) electrons. The molecule has 3 nitrogen and oxygen atoms in total. The first-order chi connectivity index (χ1) is 6.68. The van der Waals surface area contributed by atoms with Crippen molar-refractivity contribution in [2.24, 2.45) is 0 Å². The normalized spacial score (nSPS) is 22.1. The Morgan fingerprint density at radius 3 is 2.86 bits per heavy atom. The Hall–Kier alpha value is -0.640. The van der Waals surface area contributed by atoms with E-state index in [1.807, 2.05) is 11.8 Å². The second-order valence-electron chi connectivity index (χ2n) is 4.02. The van der Waals surface area contributed by atoms with Crippen LogP contribution in [0.25, 0.3) is 0 Å². The van der Waals surface area contributed by atoms with Crippen LogP contribution in [0.5, 0.6) is 5.88 Å². The number of hydrogen-bond acceptors (Lipinski definition) is 3. The standard InChI is InChI=1S/C10H16N2OS/c1-6(2)8-10(13)12-9(11-8)7-4-3-5-14-7/h6-7,13H,3-5H2,1-2H3,(H,11,12). The van der Waals surface area contributed by atoms with Gasteiger partial charge >= 0.3 is 0 Å². The Morgan fingerprint density at radius 1 is 1.57 bits per heavy atom. The summed E-state index contributed by atoms with van der Waals surface area (Å²) in [6.45, 7) is 4.11. The van der Waals surface area contributed by atoms with Crippen molar-refractivity contribution in [1.29, 1.82) is 0 Å². The average molecular weight is 212 g/mol. The molecule has 0 amide bonds. The minimum atomic E-state index is 0.183. The zero-order valence-electron chi connectivity index (χ0n) is 8.58. The number of imidazole rings is 1. The predicted octanol–water partition coefficient (Wildman–Crippen LogP) is 2.81. The fourth-order valence-electron chi connectivity index (χ4n) is 1.74. The first-order valence-corrected chi connectivity index (χ1v) is 6.13. The minimum absolute atomic E-state index is 0.183. The van der Waals surface area contributed by atoms with Gasteiger partial charge in [0.25, 0.3) is 0 Å². The summed E-state index contributed by atoms with van der Waals surface area (Å²) < 4.78 is 0. The smallest absolute Gasteiger partial charge is 0.232 e. The monoisotopic (exact) mass is 212 g/mol. The number of hydrogen-bond donors (Lipinski definition) is 2. The van der Waals surface area contributed by atoms with Gasteiger partial charge in [-0.25, -0.2) is 0 Å². The highest BCUT2D eigenvalue weighted by molar-refractivity contribution is 7.99. The van der Waals surface area contributed by atoms with Gasteiger partial charge in [0.1, 0.15) is 5.82 Å². The molecule has 0 aromatic carbocycles. The van der Waals surface area contributed by atoms with E-state index in [4.69, 9.17) is 0 Å². The number of nitrogens with zero attached hydrogens (tertiary/aromatic N) is 1. The molecule has 78 valence electrons. The third-order valence-corrected chi connectivity index (χ3v) is 3.93. The lowest BCUT2D eigenvalue weighted by Gasteiger charge is -2.03. The van der Waals surface area contributed by atoms with E-state index in [-0.39, 0.29) is 5.88 Å². The molecule has 1 atom stereocenters. The van der Waals surface area contributed by atoms with Gasteiger partial charge in [-0.3, -0.25) is 0 Å². The van der Waals surface area contributed by atoms with Gasteiger partial charge < -0.3 is 10.1 Å². The molecule has 1 unspecified atom stereocenters. The number of aromatic hydroxyl groups is 1. The van der Waals surface area contributed by atoms with Crippen molar-refractivity contribution in [3.05, 3.63) is 11.5 Å². The lowest BCUT2D eigenvalue weighted by molar-refractivity contribution is 0.445. The van der Waals surface area contributed by atoms with E-state index in [1.165, 1.54) is 18.6 Å². The van der Waals surface area contributed by atoms with Crippen molar-refractivity contribution in [2.75, 3.05) is 5.75 Å². The number of rotatable bonds is 2. The van der Waals surface area contributed by atoms with Crippen LogP contribution in [0.1, 0.15) is 49.4 Å². The van der Waals surface area contributed by atoms with Crippen molar-refractivity contribution in [3.8, 4) is 5.88 Å². The molecule has 4 heteroatoms. The maximum Gasteiger partial charge on any atom is 0.232 e. The van der Waals surface area contributed by atoms with Crippen LogP contribution in [0.4, 0.5) is 0 Å². The van der Waals surface area contributed by atoms with Crippen LogP contribution in [0, 0.1) is 0 Å². The van der Waals surface area contributed by atoms with Crippen LogP contribution in [-0.4, -0.2) is 20.8 Å². The fraction of sp³-hybridized carbons (Fsp3) is 0.700. The Morgan fingerprint density at radius 2 is 2.36 bits per heavy atom. The summed E-state index contributed by atoms with van der Waals surface area (Å²) in [7, 11) is 0. The molecule has 2 N–H and O–H groups in total. The summed E-state index contributed by atoms with van der Waals surface area (Å²) in [5.74, 6) is 2.65. The molecule has 1 fully saturated rings. The number of aromatic amines is 1. The Kier molecular flexibility index (Phi) is 2.72. The van der Waals surface area contributed by atoms with Crippen LogP contribution >= 0.6 is 11.8 Å². The zero-order valence-corrected chi connectivity index (χ0v) is 9.40. The average Bonchev–Trinajstić information content (AvgIpc) is 2.70. The zero-order chi connectivity index (χ0) is 10.1. The van der Waals surface area contributed by atoms with E-state index in [0.717, 1.165) is 11.5 Å². The summed E-state index contributed by atoms with van der Waals surface area (Å²) in [5, 5.41) is 10.1. The van der Waals surface area contributed by atoms with Crippen molar-refractivity contribution in [2.45, 2.75) is 37.9 Å². The van der Waals surface area contributed by atoms with Crippen LogP contribution < -0.4 is 0 Å². The third-order valence-electron chi connectivity index (χ3n) is 2.54. The van der Waals surface area contributed by atoms with Gasteiger partial charge in [-0.05, 0) is 24.5 Å². The van der Waals surface area contributed by atoms with E-state index in [2.05, 4.69) is 23.8 Å². The van der Waals surface area contributed by atoms with Gasteiger partial charge in [0.15, 0.2) is 0 Å². The van der Waals surface area contributed by atoms with Gasteiger partial charge in [0.05, 0.1) is 10.9 Å². The quantitative estimate of drug-likeness (QED) is 0.792. The van der Waals surface area contributed by atoms with Gasteiger partial charge in [-0.15, -0.1) is 0 Å². The fourth-order valence-corrected chi connectivity index (χ4v) is 2.97. The van der Waals surface area contributed by atoms with Crippen molar-refractivity contribution in [1.82, 2.24) is 9.97 Å². The van der Waals surface area contributed by atoms with E-state index in [9.17, 15) is 5.11 Å². The molecule has 0 spiro atoms. The van der Waals surface area contributed by atoms with E-state index in [1.54, 1.807) is 0 Å². The van der Waals surface area contributed by atoms with Gasteiger partial charge in [-0.2, -0.15) is 16.7 Å². The first-order valence-electron chi connectivity index (χ1n) is 5.09. The van der Waals surface area contributed by atoms with Gasteiger partial charge in [0, 0.05) is 0 Å². The highest BCUT2D eigenvalue weighted by Crippen LogP contribution is 2.40. The number of H-pyrrole nitrogens is 1. The summed E-state index contributed by atoms with van der Waals surface area (Å²) >= 11 is 1.92. The van der Waals surface area contributed by atoms with E-state index in [0.29, 0.717) is 11.2 Å². The second-order valence-corrected chi connectivity index (χ2v) is 5.33. The highest BCUT2D eigenvalue weighted by atomic mass is 32.2. The lowest BCUT2D eigenvalue weighted by atomic mass is 10.1. The summed E-state index contributed by atoms with van der Waals surface area (Å²) in [4.78, 5) is 7.43. The van der Waals surface area contributed by atoms with Crippen molar-refractivity contribution in [3.63, 3.8) is 0 Å². The largest absolute Gasteiger partial charge is 0.492 e. The summed E-state index contributed by atoms with van der Waals surface area (Å²) in [6, 6.07) is 0. The number of thioether (sulfide) groups is 1. The third kappa shape index (κ3) is 1.75. The van der Waals surface area contributed by atoms with Gasteiger partial charge in [0.2, 0.25) is 5.88 Å². The minimum Gasteiger partial charge on any atom is -0.492 e. The molecule has 0 aliphatic carbocycles. The second kappa shape index (κ2) is 3.85. The Balaban J connectivity index is 2.22. The van der Waals surface area contributed by atoms with Crippen LogP contribution in [0.15, 0.2) is 0 Å². The molecule has 1 aromatic heterocycles. The lowest BCUT2D eigenvalue weighted by Crippen LogP contribution is -1.93. The number of nitrogens with one attached hydrogen (secondary N) is 1. The molecule has 1 aliphatic rings. The number of aromatic nitrogens is 2. The summed E-state index contributed by atoms with van der Waals surface area (Å²) in [6.07, 6.45) is 2.43. The molecule has 1 aliphatic heterocycles. The molecule has 2 rings (SSSR count). The van der Waals surface area contributed by atoms with Crippen LogP contribution in [0.2, 0.25) is 0 Å². The highest BCUT2D eigenvalue weighted by Gasteiger charge is 2.23. The van der Waals surface area contributed by atoms with E-state index < -0.39 is 0 Å². The molecular formula is C10H16N2OS. The topological polar surface area (TPSA) is 48.9 Å². The first kappa shape index (κ1) is 9.90. The SMILES string of the molecule is CC(C)c1[nH]c(C2CCCS2)nc1O. The van der Waals surface area contributed by atoms with Crippen molar-refractivity contribution < 1.29 is 5.11 Å². The molecule has 2 heterocycles. The summed E-state index contributed by atoms with van der Waals surface area (Å²) in [5.41, 5.74) is 0.868. The molecule has 1 aromatic rings. The van der Waals surface area contributed by atoms with Gasteiger partial charge in [-0.1, -0.05) is 13.8 Å². The molecular weight excluding hydrogens is 196 g/mol. The van der Waals surface area contributed by atoms with Crippen molar-refractivity contribution >= 4 is 11.8 Å². The maximum absolute atomic E-state index is 9.61. The molecule has 1 saturated heterocycles.